The molecule has 0 aliphatic carbocycles. The Hall–Kier alpha value is 2.32. The van der Waals surface area contributed by atoms with Gasteiger partial charge in [-0.2, -0.15) is 0 Å². The molecule has 0 aromatic rings. The molecular formula is Ag2Mn2O5-8. The van der Waals surface area contributed by atoms with E-state index in [1.54, 1.807) is 0 Å². The van der Waals surface area contributed by atoms with Crippen molar-refractivity contribution in [2.75, 3.05) is 0 Å². The minimum Gasteiger partial charge on any atom is -2.00 e. The van der Waals surface area contributed by atoms with Gasteiger partial charge < -0.3 is 27.4 Å². The zero-order chi connectivity index (χ0) is 0. The van der Waals surface area contributed by atoms with Crippen molar-refractivity contribution in [2.24, 2.45) is 0 Å². The Balaban J connectivity index is 0. The van der Waals surface area contributed by atoms with E-state index < -0.39 is 0 Å². The van der Waals surface area contributed by atoms with Gasteiger partial charge in [-0.1, -0.05) is 0 Å². The van der Waals surface area contributed by atoms with Gasteiger partial charge >= 0.3 is 44.8 Å². The average Bonchev–Trinajstić information content (AvgIpc) is 0. The summed E-state index contributed by atoms with van der Waals surface area (Å²) in [6, 6.07) is 0. The van der Waals surface area contributed by atoms with E-state index in [0.717, 1.165) is 0 Å². The SMILES string of the molecule is [Ag+].[Ag+].[Mn].[Mn].[O-2].[O-2].[O-2].[O-2].[O-2]. The molecule has 2 radical (unpaired) electrons. The molecule has 0 saturated carbocycles. The van der Waals surface area contributed by atoms with Crippen molar-refractivity contribution in [1.82, 2.24) is 0 Å². The topological polar surface area (TPSA) is 142 Å². The van der Waals surface area contributed by atoms with Gasteiger partial charge in [0, 0.05) is 34.1 Å². The summed E-state index contributed by atoms with van der Waals surface area (Å²) < 4.78 is 0. The van der Waals surface area contributed by atoms with Gasteiger partial charge in [0.15, 0.2) is 0 Å². The summed E-state index contributed by atoms with van der Waals surface area (Å²) in [5.41, 5.74) is 0. The van der Waals surface area contributed by atoms with Gasteiger partial charge in [-0.05, 0) is 0 Å². The molecule has 0 aliphatic rings. The van der Waals surface area contributed by atoms with Crippen LogP contribution in [0.3, 0.4) is 0 Å². The van der Waals surface area contributed by atoms with Crippen LogP contribution >= 0.6 is 0 Å². The van der Waals surface area contributed by atoms with E-state index in [0.29, 0.717) is 0 Å². The predicted molar refractivity (Wildman–Crippen MR) is 3.43 cm³/mol. The maximum atomic E-state index is 0. The van der Waals surface area contributed by atoms with E-state index in [1.165, 1.54) is 0 Å². The second-order valence-electron chi connectivity index (χ2n) is 0. The fraction of sp³-hybridized carbons (Fsp3) is 0. The van der Waals surface area contributed by atoms with Crippen molar-refractivity contribution in [3.05, 3.63) is 0 Å². The third-order valence-electron chi connectivity index (χ3n) is 0. The Morgan fingerprint density at radius 3 is 0.333 bits per heavy atom. The summed E-state index contributed by atoms with van der Waals surface area (Å²) in [7, 11) is 0. The van der Waals surface area contributed by atoms with E-state index in [9.17, 15) is 0 Å². The van der Waals surface area contributed by atoms with Crippen LogP contribution in [0.15, 0.2) is 0 Å². The van der Waals surface area contributed by atoms with Crippen LogP contribution in [0.5, 0.6) is 0 Å². The van der Waals surface area contributed by atoms with Gasteiger partial charge in [0.1, 0.15) is 0 Å². The van der Waals surface area contributed by atoms with Crippen molar-refractivity contribution in [3.8, 4) is 0 Å². The van der Waals surface area contributed by atoms with E-state index in [4.69, 9.17) is 0 Å². The zero-order valence-corrected chi connectivity index (χ0v) is 8.73. The molecule has 0 atom stereocenters. The van der Waals surface area contributed by atoms with Crippen LogP contribution in [-0.2, 0) is 106 Å². The van der Waals surface area contributed by atoms with Crippen LogP contribution < -0.4 is 0 Å². The molecule has 0 aromatic carbocycles. The van der Waals surface area contributed by atoms with Crippen molar-refractivity contribution in [3.63, 3.8) is 0 Å². The first-order valence-corrected chi connectivity index (χ1v) is 0. The van der Waals surface area contributed by atoms with Gasteiger partial charge in [-0.15, -0.1) is 0 Å². The van der Waals surface area contributed by atoms with Crippen molar-refractivity contribution < 1.29 is 106 Å². The quantitative estimate of drug-likeness (QED) is 0.474. The normalized spacial score (nSPS) is 0. The van der Waals surface area contributed by atoms with E-state index >= 15 is 0 Å². The van der Waals surface area contributed by atoms with Crippen molar-refractivity contribution in [2.45, 2.75) is 0 Å². The Bertz CT molecular complexity index is 12.9. The van der Waals surface area contributed by atoms with Crippen LogP contribution in [0.4, 0.5) is 0 Å². The van der Waals surface area contributed by atoms with Crippen LogP contribution in [0.1, 0.15) is 0 Å². The average molecular weight is 406 g/mol. The maximum absolute atomic E-state index is 0. The van der Waals surface area contributed by atoms with Crippen molar-refractivity contribution in [1.29, 1.82) is 0 Å². The zero-order valence-electron chi connectivity index (χ0n) is 3.40. The maximum Gasteiger partial charge on any atom is 1.00 e. The summed E-state index contributed by atoms with van der Waals surface area (Å²) in [6.45, 7) is 0. The van der Waals surface area contributed by atoms with Gasteiger partial charge in [-0.3, -0.25) is 0 Å². The molecule has 0 bridgehead atoms. The largest absolute Gasteiger partial charge is 2.00 e. The molecule has 9 heavy (non-hydrogen) atoms. The summed E-state index contributed by atoms with van der Waals surface area (Å²) in [5, 5.41) is 0. The first kappa shape index (κ1) is 224. The van der Waals surface area contributed by atoms with Crippen LogP contribution in [0.2, 0.25) is 0 Å². The molecule has 0 aliphatic heterocycles. The van der Waals surface area contributed by atoms with Gasteiger partial charge in [0.25, 0.3) is 0 Å². The molecule has 9 heteroatoms. The minimum atomic E-state index is 0. The molecule has 0 rings (SSSR count). The molecule has 0 amide bonds. The van der Waals surface area contributed by atoms with Crippen LogP contribution in [0, 0.1) is 0 Å². The number of rotatable bonds is 0. The molecule has 0 spiro atoms. The Morgan fingerprint density at radius 1 is 0.333 bits per heavy atom. The molecule has 0 unspecified atom stereocenters. The first-order valence-electron chi connectivity index (χ1n) is 0. The molecule has 74 valence electrons. The van der Waals surface area contributed by atoms with Crippen molar-refractivity contribution >= 4 is 0 Å². The third-order valence-corrected chi connectivity index (χ3v) is 0. The standard InChI is InChI=1S/2Ag.2Mn.5O/q2*+1;;;5*-2. The van der Waals surface area contributed by atoms with Gasteiger partial charge in [-0.25, -0.2) is 0 Å². The number of hydrogen-bond acceptors (Lipinski definition) is 0. The Labute approximate surface area is 105 Å². The van der Waals surface area contributed by atoms with E-state index in [1.807, 2.05) is 0 Å². The van der Waals surface area contributed by atoms with Gasteiger partial charge in [0.05, 0.1) is 0 Å². The first-order chi connectivity index (χ1) is 0. The second-order valence-corrected chi connectivity index (χ2v) is 0. The Morgan fingerprint density at radius 2 is 0.333 bits per heavy atom. The van der Waals surface area contributed by atoms with E-state index in [-0.39, 0.29) is 106 Å². The smallest absolute Gasteiger partial charge is 1.00 e. The number of hydrogen-bond donors (Lipinski definition) is 0. The fourth-order valence-electron chi connectivity index (χ4n) is 0. The molecule has 0 fully saturated rings. The van der Waals surface area contributed by atoms with Crippen LogP contribution in [-0.4, -0.2) is 0 Å². The fourth-order valence-corrected chi connectivity index (χ4v) is 0. The summed E-state index contributed by atoms with van der Waals surface area (Å²) in [6.07, 6.45) is 0. The van der Waals surface area contributed by atoms with E-state index in [2.05, 4.69) is 0 Å². The molecule has 0 N–H and O–H groups in total. The summed E-state index contributed by atoms with van der Waals surface area (Å²) in [4.78, 5) is 0. The molecular weight excluding hydrogens is 406 g/mol. The Kier molecular flexibility index (Phi) is 4150. The molecule has 0 heterocycles. The van der Waals surface area contributed by atoms with Gasteiger partial charge in [0.2, 0.25) is 0 Å². The third kappa shape index (κ3) is 133. The molecule has 0 saturated heterocycles. The van der Waals surface area contributed by atoms with Crippen LogP contribution in [0.25, 0.3) is 0 Å². The summed E-state index contributed by atoms with van der Waals surface area (Å²) >= 11 is 0. The monoisotopic (exact) mass is 404 g/mol. The summed E-state index contributed by atoms with van der Waals surface area (Å²) in [5.74, 6) is 0. The second kappa shape index (κ2) is 167. The molecule has 5 nitrogen and oxygen atoms in total. The minimum absolute atomic E-state index is 0. The predicted octanol–water partition coefficient (Wildman–Crippen LogP) is -0.604. The molecule has 0 aromatic heterocycles.